The fourth-order valence-corrected chi connectivity index (χ4v) is 1.77. The van der Waals surface area contributed by atoms with E-state index in [-0.39, 0.29) is 0 Å². The molecule has 0 fully saturated rings. The van der Waals surface area contributed by atoms with Crippen molar-refractivity contribution < 1.29 is 9.47 Å². The van der Waals surface area contributed by atoms with E-state index in [1.165, 1.54) is 5.56 Å². The van der Waals surface area contributed by atoms with Gasteiger partial charge in [0.15, 0.2) is 5.96 Å². The van der Waals surface area contributed by atoms with Crippen molar-refractivity contribution >= 4 is 11.6 Å². The average molecular weight is 293 g/mol. The van der Waals surface area contributed by atoms with E-state index >= 15 is 0 Å². The lowest BCUT2D eigenvalue weighted by Crippen LogP contribution is -2.23. The second-order valence-corrected chi connectivity index (χ2v) is 5.13. The Bertz CT molecular complexity index is 433. The summed E-state index contributed by atoms with van der Waals surface area (Å²) in [4.78, 5) is 4.28. The number of nitrogens with two attached hydrogens (primary N) is 1. The maximum Gasteiger partial charge on any atom is 0.193 e. The third kappa shape index (κ3) is 7.68. The third-order valence-corrected chi connectivity index (χ3v) is 2.99. The van der Waals surface area contributed by atoms with Crippen LogP contribution in [0.25, 0.3) is 0 Å². The second-order valence-electron chi connectivity index (χ2n) is 5.13. The summed E-state index contributed by atoms with van der Waals surface area (Å²) in [5.74, 6) is 0.932. The fourth-order valence-electron chi connectivity index (χ4n) is 1.77. The van der Waals surface area contributed by atoms with Gasteiger partial charge < -0.3 is 20.5 Å². The predicted octanol–water partition coefficient (Wildman–Crippen LogP) is 2.59. The zero-order valence-corrected chi connectivity index (χ0v) is 13.3. The Balaban J connectivity index is 2.30. The smallest absolute Gasteiger partial charge is 0.193 e. The maximum absolute atomic E-state index is 5.87. The van der Waals surface area contributed by atoms with Gasteiger partial charge in [-0.3, -0.25) is 4.99 Å². The van der Waals surface area contributed by atoms with E-state index in [0.29, 0.717) is 38.2 Å². The van der Waals surface area contributed by atoms with Gasteiger partial charge in [0.05, 0.1) is 13.2 Å². The minimum Gasteiger partial charge on any atom is -0.382 e. The first-order valence-corrected chi connectivity index (χ1v) is 7.37. The molecule has 0 atom stereocenters. The van der Waals surface area contributed by atoms with Gasteiger partial charge in [0.25, 0.3) is 0 Å². The molecule has 0 spiro atoms. The summed E-state index contributed by atoms with van der Waals surface area (Å²) in [6.07, 6.45) is 0.845. The zero-order valence-electron chi connectivity index (χ0n) is 13.3. The molecule has 118 valence electrons. The molecule has 0 unspecified atom stereocenters. The monoisotopic (exact) mass is 293 g/mol. The Hall–Kier alpha value is -1.59. The largest absolute Gasteiger partial charge is 0.382 e. The highest BCUT2D eigenvalue weighted by atomic mass is 16.5. The normalized spacial score (nSPS) is 11.9. The van der Waals surface area contributed by atoms with Crippen molar-refractivity contribution in [3.05, 3.63) is 29.8 Å². The lowest BCUT2D eigenvalue weighted by molar-refractivity contribution is 0.0702. The van der Waals surface area contributed by atoms with Crippen LogP contribution in [0.3, 0.4) is 0 Å². The van der Waals surface area contributed by atoms with Crippen LogP contribution in [0.4, 0.5) is 5.69 Å². The van der Waals surface area contributed by atoms with E-state index in [1.54, 1.807) is 7.11 Å². The quantitative estimate of drug-likeness (QED) is 0.417. The minimum atomic E-state index is 0.438. The maximum atomic E-state index is 5.87. The molecule has 5 heteroatoms. The van der Waals surface area contributed by atoms with E-state index in [0.717, 1.165) is 12.1 Å². The summed E-state index contributed by atoms with van der Waals surface area (Å²) >= 11 is 0. The summed E-state index contributed by atoms with van der Waals surface area (Å²) in [5.41, 5.74) is 8.12. The average Bonchev–Trinajstić information content (AvgIpc) is 2.46. The molecule has 0 aliphatic heterocycles. The van der Waals surface area contributed by atoms with Gasteiger partial charge in [-0.15, -0.1) is 0 Å². The van der Waals surface area contributed by atoms with Gasteiger partial charge in [0.1, 0.15) is 0 Å². The molecule has 0 radical (unpaired) electrons. The molecular formula is C16H27N3O2. The molecule has 3 N–H and O–H groups in total. The van der Waals surface area contributed by atoms with Crippen LogP contribution in [-0.4, -0.2) is 39.4 Å². The van der Waals surface area contributed by atoms with Crippen LogP contribution in [0, 0.1) is 0 Å². The predicted molar refractivity (Wildman–Crippen MR) is 88.0 cm³/mol. The van der Waals surface area contributed by atoms with Crippen LogP contribution in [0.5, 0.6) is 0 Å². The van der Waals surface area contributed by atoms with Crippen molar-refractivity contribution in [3.8, 4) is 0 Å². The van der Waals surface area contributed by atoms with Gasteiger partial charge in [-0.1, -0.05) is 26.0 Å². The minimum absolute atomic E-state index is 0.438. The molecule has 1 aromatic carbocycles. The fraction of sp³-hybridized carbons (Fsp3) is 0.562. The molecule has 0 amide bonds. The Morgan fingerprint density at radius 1 is 1.29 bits per heavy atom. The van der Waals surface area contributed by atoms with Gasteiger partial charge in [-0.05, 0) is 30.0 Å². The van der Waals surface area contributed by atoms with Crippen molar-refractivity contribution in [2.45, 2.75) is 26.2 Å². The van der Waals surface area contributed by atoms with E-state index < -0.39 is 0 Å². The van der Waals surface area contributed by atoms with E-state index in [4.69, 9.17) is 15.2 Å². The van der Waals surface area contributed by atoms with Crippen LogP contribution in [0.15, 0.2) is 29.3 Å². The highest BCUT2D eigenvalue weighted by Crippen LogP contribution is 2.18. The number of ether oxygens (including phenoxy) is 2. The molecule has 0 aromatic heterocycles. The number of guanidine groups is 1. The van der Waals surface area contributed by atoms with Crippen LogP contribution < -0.4 is 11.1 Å². The number of nitrogens with zero attached hydrogens (tertiary/aromatic N) is 1. The summed E-state index contributed by atoms with van der Waals surface area (Å²) < 4.78 is 10.3. The summed E-state index contributed by atoms with van der Waals surface area (Å²) in [6.45, 7) is 6.90. The van der Waals surface area contributed by atoms with Crippen molar-refractivity contribution in [1.29, 1.82) is 0 Å². The number of hydrogen-bond donors (Lipinski definition) is 2. The lowest BCUT2D eigenvalue weighted by Gasteiger charge is -2.10. The number of aliphatic imine (C=N–C) groups is 1. The van der Waals surface area contributed by atoms with Gasteiger partial charge in [-0.25, -0.2) is 0 Å². The van der Waals surface area contributed by atoms with Gasteiger partial charge in [0.2, 0.25) is 0 Å². The second kappa shape index (κ2) is 10.2. The molecule has 0 saturated carbocycles. The molecule has 0 bridgehead atoms. The molecule has 5 nitrogen and oxygen atoms in total. The molecule has 0 aliphatic rings. The molecule has 1 rings (SSSR count). The Morgan fingerprint density at radius 2 is 2.10 bits per heavy atom. The Labute approximate surface area is 127 Å². The third-order valence-electron chi connectivity index (χ3n) is 2.99. The first-order chi connectivity index (χ1) is 10.1. The van der Waals surface area contributed by atoms with E-state index in [2.05, 4.69) is 36.3 Å². The highest BCUT2D eigenvalue weighted by Gasteiger charge is 2.01. The van der Waals surface area contributed by atoms with E-state index in [1.807, 2.05) is 12.1 Å². The number of methoxy groups -OCH3 is 1. The summed E-state index contributed by atoms with van der Waals surface area (Å²) in [7, 11) is 1.66. The summed E-state index contributed by atoms with van der Waals surface area (Å²) in [5, 5.41) is 3.12. The molecule has 0 heterocycles. The van der Waals surface area contributed by atoms with E-state index in [9.17, 15) is 0 Å². The van der Waals surface area contributed by atoms with Gasteiger partial charge >= 0.3 is 0 Å². The molecule has 0 aliphatic carbocycles. The number of hydrogen-bond acceptors (Lipinski definition) is 3. The van der Waals surface area contributed by atoms with Crippen LogP contribution in [0.2, 0.25) is 0 Å². The summed E-state index contributed by atoms with van der Waals surface area (Å²) in [6, 6.07) is 8.22. The number of rotatable bonds is 9. The standard InChI is InChI=1S/C16H27N3O2/c1-13(2)14-6-4-7-15(12-14)19-16(17)18-8-5-9-21-11-10-20-3/h4,6-7,12-13H,5,8-11H2,1-3H3,(H3,17,18,19). The van der Waals surface area contributed by atoms with Crippen LogP contribution in [-0.2, 0) is 9.47 Å². The molecule has 0 saturated heterocycles. The van der Waals surface area contributed by atoms with Gasteiger partial charge in [-0.2, -0.15) is 0 Å². The molecule has 1 aromatic rings. The highest BCUT2D eigenvalue weighted by molar-refractivity contribution is 5.92. The van der Waals surface area contributed by atoms with Crippen molar-refractivity contribution in [2.75, 3.05) is 38.8 Å². The molecule has 21 heavy (non-hydrogen) atoms. The SMILES string of the molecule is COCCOCCCN=C(N)Nc1cccc(C(C)C)c1. The molecular weight excluding hydrogens is 266 g/mol. The number of anilines is 1. The Kier molecular flexibility index (Phi) is 8.47. The van der Waals surface area contributed by atoms with Gasteiger partial charge in [0, 0.05) is 25.9 Å². The van der Waals surface area contributed by atoms with Crippen LogP contribution in [0.1, 0.15) is 31.7 Å². The topological polar surface area (TPSA) is 68.9 Å². The van der Waals surface area contributed by atoms with Crippen molar-refractivity contribution in [3.63, 3.8) is 0 Å². The lowest BCUT2D eigenvalue weighted by atomic mass is 10.0. The first-order valence-electron chi connectivity index (χ1n) is 7.37. The number of nitrogens with one attached hydrogen (secondary N) is 1. The van der Waals surface area contributed by atoms with Crippen molar-refractivity contribution in [1.82, 2.24) is 0 Å². The first kappa shape index (κ1) is 17.5. The van der Waals surface area contributed by atoms with Crippen LogP contribution >= 0.6 is 0 Å². The zero-order chi connectivity index (χ0) is 15.5. The van der Waals surface area contributed by atoms with Crippen molar-refractivity contribution in [2.24, 2.45) is 10.7 Å². The Morgan fingerprint density at radius 3 is 2.81 bits per heavy atom. The number of benzene rings is 1.